The molecule has 0 spiro atoms. The zero-order chi connectivity index (χ0) is 17.5. The van der Waals surface area contributed by atoms with Crippen molar-refractivity contribution in [1.29, 1.82) is 0 Å². The van der Waals surface area contributed by atoms with E-state index >= 15 is 0 Å². The van der Waals surface area contributed by atoms with Crippen molar-refractivity contribution in [1.82, 2.24) is 25.1 Å². The molecule has 2 aromatic heterocycles. The third-order valence-corrected chi connectivity index (χ3v) is 4.93. The monoisotopic (exact) mass is 346 g/mol. The normalized spacial score (nSPS) is 19.6. The molecule has 0 bridgehead atoms. The Labute approximate surface area is 149 Å². The van der Waals surface area contributed by atoms with E-state index in [1.807, 2.05) is 41.1 Å². The highest BCUT2D eigenvalue weighted by Gasteiger charge is 2.31. The predicted octanol–water partition coefficient (Wildman–Crippen LogP) is 2.73. The Hall–Kier alpha value is -3.06. The Morgan fingerprint density at radius 3 is 2.69 bits per heavy atom. The van der Waals surface area contributed by atoms with E-state index in [2.05, 4.69) is 32.6 Å². The van der Waals surface area contributed by atoms with E-state index in [1.54, 1.807) is 0 Å². The molecule has 26 heavy (non-hydrogen) atoms. The van der Waals surface area contributed by atoms with Crippen molar-refractivity contribution < 1.29 is 4.52 Å². The van der Waals surface area contributed by atoms with Gasteiger partial charge in [-0.15, -0.1) is 5.10 Å². The van der Waals surface area contributed by atoms with Crippen LogP contribution in [-0.4, -0.2) is 31.2 Å². The molecule has 130 valence electrons. The van der Waals surface area contributed by atoms with Crippen molar-refractivity contribution in [3.8, 4) is 11.5 Å². The summed E-state index contributed by atoms with van der Waals surface area (Å²) >= 11 is 0. The summed E-state index contributed by atoms with van der Waals surface area (Å²) < 4.78 is 7.31. The van der Waals surface area contributed by atoms with Crippen LogP contribution in [0.2, 0.25) is 0 Å². The van der Waals surface area contributed by atoms with E-state index in [4.69, 9.17) is 10.3 Å². The van der Waals surface area contributed by atoms with Gasteiger partial charge >= 0.3 is 0 Å². The van der Waals surface area contributed by atoms with Gasteiger partial charge in [-0.05, 0) is 42.7 Å². The average Bonchev–Trinajstić information content (AvgIpc) is 3.28. The van der Waals surface area contributed by atoms with Crippen LogP contribution in [0.4, 0.5) is 0 Å². The van der Waals surface area contributed by atoms with E-state index in [9.17, 15) is 0 Å². The molecule has 1 fully saturated rings. The fourth-order valence-corrected chi connectivity index (χ4v) is 3.35. The summed E-state index contributed by atoms with van der Waals surface area (Å²) in [7, 11) is 0. The molecule has 0 radical (unpaired) electrons. The molecule has 1 aliphatic carbocycles. The van der Waals surface area contributed by atoms with Crippen LogP contribution in [0.5, 0.6) is 0 Å². The summed E-state index contributed by atoms with van der Waals surface area (Å²) in [5.74, 6) is 1.65. The first-order chi connectivity index (χ1) is 12.8. The number of aromatic nitrogens is 5. The molecule has 7 nitrogen and oxygen atoms in total. The number of fused-ring (bicyclic) bond motifs is 1. The second-order valence-corrected chi connectivity index (χ2v) is 6.82. The molecule has 4 aromatic rings. The molecule has 0 unspecified atom stereocenters. The van der Waals surface area contributed by atoms with Gasteiger partial charge in [-0.1, -0.05) is 34.6 Å². The Kier molecular flexibility index (Phi) is 3.53. The molecular weight excluding hydrogens is 328 g/mol. The quantitative estimate of drug-likeness (QED) is 0.610. The third-order valence-electron chi connectivity index (χ3n) is 4.93. The first-order valence-corrected chi connectivity index (χ1v) is 8.73. The number of benzene rings is 2. The lowest BCUT2D eigenvalue weighted by atomic mass is 9.80. The van der Waals surface area contributed by atoms with Crippen molar-refractivity contribution >= 4 is 11.0 Å². The van der Waals surface area contributed by atoms with Crippen LogP contribution in [0.3, 0.4) is 0 Å². The molecule has 5 rings (SSSR count). The van der Waals surface area contributed by atoms with Gasteiger partial charge in [-0.2, -0.15) is 4.98 Å². The topological polar surface area (TPSA) is 95.7 Å². The van der Waals surface area contributed by atoms with Crippen LogP contribution in [0.15, 0.2) is 53.1 Å². The zero-order valence-electron chi connectivity index (χ0n) is 14.1. The molecule has 0 amide bonds. The van der Waals surface area contributed by atoms with Gasteiger partial charge in [0.25, 0.3) is 5.89 Å². The van der Waals surface area contributed by atoms with Crippen LogP contribution in [0.1, 0.15) is 30.1 Å². The largest absolute Gasteiger partial charge is 0.334 e. The average molecular weight is 346 g/mol. The minimum Gasteiger partial charge on any atom is -0.334 e. The highest BCUT2D eigenvalue weighted by molar-refractivity contribution is 5.73. The highest BCUT2D eigenvalue weighted by Crippen LogP contribution is 2.34. The smallest absolute Gasteiger partial charge is 0.257 e. The maximum Gasteiger partial charge on any atom is 0.257 e. The molecular formula is C19H18N6O. The van der Waals surface area contributed by atoms with Gasteiger partial charge in [-0.3, -0.25) is 0 Å². The predicted molar refractivity (Wildman–Crippen MR) is 96.3 cm³/mol. The van der Waals surface area contributed by atoms with E-state index in [0.717, 1.165) is 40.8 Å². The second kappa shape index (κ2) is 6.03. The lowest BCUT2D eigenvalue weighted by Crippen LogP contribution is -2.35. The Bertz CT molecular complexity index is 1050. The summed E-state index contributed by atoms with van der Waals surface area (Å²) in [4.78, 5) is 4.52. The summed E-state index contributed by atoms with van der Waals surface area (Å²) in [6.07, 6.45) is 1.87. The number of para-hydroxylation sites is 1. The van der Waals surface area contributed by atoms with E-state index < -0.39 is 0 Å². The lowest BCUT2D eigenvalue weighted by Gasteiger charge is -2.29. The summed E-state index contributed by atoms with van der Waals surface area (Å²) in [6.45, 7) is 0.663. The number of hydrogen-bond donors (Lipinski definition) is 1. The maximum atomic E-state index is 5.83. The molecule has 1 saturated carbocycles. The van der Waals surface area contributed by atoms with Crippen LogP contribution >= 0.6 is 0 Å². The first kappa shape index (κ1) is 15.2. The summed E-state index contributed by atoms with van der Waals surface area (Å²) in [6, 6.07) is 16.3. The Balaban J connectivity index is 1.34. The SMILES string of the molecule is NC1CC(c2noc(-c3ccc(Cn4nnc5ccccc54)cc3)n2)C1. The number of nitrogens with two attached hydrogens (primary N) is 1. The van der Waals surface area contributed by atoms with Crippen LogP contribution in [-0.2, 0) is 6.54 Å². The standard InChI is InChI=1S/C19H18N6O/c20-15-9-14(10-15)18-21-19(26-23-18)13-7-5-12(6-8-13)11-25-17-4-2-1-3-16(17)22-24-25/h1-8,14-15H,9-11,20H2. The van der Waals surface area contributed by atoms with Crippen molar-refractivity contribution in [2.45, 2.75) is 31.3 Å². The van der Waals surface area contributed by atoms with Gasteiger partial charge in [-0.25, -0.2) is 4.68 Å². The van der Waals surface area contributed by atoms with Crippen LogP contribution < -0.4 is 5.73 Å². The molecule has 2 heterocycles. The molecule has 0 atom stereocenters. The fraction of sp³-hybridized carbons (Fsp3) is 0.263. The molecule has 2 N–H and O–H groups in total. The Morgan fingerprint density at radius 1 is 1.08 bits per heavy atom. The number of hydrogen-bond acceptors (Lipinski definition) is 6. The third kappa shape index (κ3) is 2.66. The van der Waals surface area contributed by atoms with Crippen LogP contribution in [0.25, 0.3) is 22.5 Å². The highest BCUT2D eigenvalue weighted by atomic mass is 16.5. The van der Waals surface area contributed by atoms with Gasteiger partial charge in [0.15, 0.2) is 5.82 Å². The second-order valence-electron chi connectivity index (χ2n) is 6.82. The van der Waals surface area contributed by atoms with E-state index in [0.29, 0.717) is 18.4 Å². The molecule has 2 aromatic carbocycles. The number of rotatable bonds is 4. The first-order valence-electron chi connectivity index (χ1n) is 8.73. The van der Waals surface area contributed by atoms with Gasteiger partial charge < -0.3 is 10.3 Å². The van der Waals surface area contributed by atoms with Gasteiger partial charge in [0.05, 0.1) is 12.1 Å². The van der Waals surface area contributed by atoms with E-state index in [-0.39, 0.29) is 6.04 Å². The Morgan fingerprint density at radius 2 is 1.88 bits per heavy atom. The van der Waals surface area contributed by atoms with Crippen molar-refractivity contribution in [3.05, 3.63) is 59.9 Å². The van der Waals surface area contributed by atoms with Gasteiger partial charge in [0.2, 0.25) is 0 Å². The molecule has 7 heteroatoms. The minimum atomic E-state index is 0.272. The van der Waals surface area contributed by atoms with Gasteiger partial charge in [0, 0.05) is 17.5 Å². The molecule has 1 aliphatic rings. The van der Waals surface area contributed by atoms with Crippen molar-refractivity contribution in [2.75, 3.05) is 0 Å². The summed E-state index contributed by atoms with van der Waals surface area (Å²) in [5.41, 5.74) is 9.81. The van der Waals surface area contributed by atoms with Crippen molar-refractivity contribution in [3.63, 3.8) is 0 Å². The van der Waals surface area contributed by atoms with E-state index in [1.165, 1.54) is 0 Å². The lowest BCUT2D eigenvalue weighted by molar-refractivity contribution is 0.323. The summed E-state index contributed by atoms with van der Waals surface area (Å²) in [5, 5.41) is 12.5. The molecule has 0 aliphatic heterocycles. The fourth-order valence-electron chi connectivity index (χ4n) is 3.35. The minimum absolute atomic E-state index is 0.272. The molecule has 0 saturated heterocycles. The van der Waals surface area contributed by atoms with Gasteiger partial charge in [0.1, 0.15) is 5.52 Å². The van der Waals surface area contributed by atoms with Crippen LogP contribution in [0, 0.1) is 0 Å². The number of nitrogens with zero attached hydrogens (tertiary/aromatic N) is 5. The maximum absolute atomic E-state index is 5.83. The zero-order valence-corrected chi connectivity index (χ0v) is 14.1. The van der Waals surface area contributed by atoms with Crippen molar-refractivity contribution in [2.24, 2.45) is 5.73 Å².